The van der Waals surface area contributed by atoms with Crippen molar-refractivity contribution in [2.75, 3.05) is 6.54 Å². The molecule has 1 aliphatic rings. The number of carbonyl (C=O) groups excluding carboxylic acids is 4. The van der Waals surface area contributed by atoms with Crippen LogP contribution in [0.2, 0.25) is 0 Å². The van der Waals surface area contributed by atoms with Gasteiger partial charge in [0.15, 0.2) is 6.10 Å². The maximum Gasteiger partial charge on any atom is 0.395 e. The molecule has 0 spiro atoms. The molecule has 2 aromatic rings. The number of halogens is 3. The fourth-order valence-electron chi connectivity index (χ4n) is 4.53. The highest BCUT2D eigenvalue weighted by molar-refractivity contribution is 5.90. The highest BCUT2D eigenvalue weighted by atomic mass is 19.4. The van der Waals surface area contributed by atoms with Crippen LogP contribution >= 0.6 is 0 Å². The lowest BCUT2D eigenvalue weighted by Gasteiger charge is -2.35. The number of nitrogens with one attached hydrogen (secondary N) is 3. The zero-order chi connectivity index (χ0) is 31.2. The van der Waals surface area contributed by atoms with Gasteiger partial charge in [-0.2, -0.15) is 13.2 Å². The van der Waals surface area contributed by atoms with Gasteiger partial charge in [-0.3, -0.25) is 29.2 Å². The molecule has 1 fully saturated rings. The van der Waals surface area contributed by atoms with E-state index in [9.17, 15) is 32.3 Å². The van der Waals surface area contributed by atoms with Crippen LogP contribution in [0.5, 0.6) is 0 Å². The molecule has 2 heterocycles. The summed E-state index contributed by atoms with van der Waals surface area (Å²) in [5, 5.41) is 7.23. The molecule has 13 heteroatoms. The van der Waals surface area contributed by atoms with E-state index < -0.39 is 54.1 Å². The minimum atomic E-state index is -4.81. The number of pyridine rings is 1. The smallest absolute Gasteiger partial charge is 0.395 e. The van der Waals surface area contributed by atoms with E-state index in [1.54, 1.807) is 6.92 Å². The van der Waals surface area contributed by atoms with Crippen LogP contribution in [0.3, 0.4) is 0 Å². The summed E-state index contributed by atoms with van der Waals surface area (Å²) in [7, 11) is 0. The molecule has 42 heavy (non-hydrogen) atoms. The van der Waals surface area contributed by atoms with Crippen molar-refractivity contribution < 1.29 is 37.1 Å². The van der Waals surface area contributed by atoms with E-state index in [1.165, 1.54) is 6.92 Å². The first-order valence-electron chi connectivity index (χ1n) is 13.7. The van der Waals surface area contributed by atoms with E-state index in [1.807, 2.05) is 49.4 Å². The Morgan fingerprint density at radius 1 is 1.12 bits per heavy atom. The number of allylic oxidation sites excluding steroid dienone is 1. The van der Waals surface area contributed by atoms with Crippen molar-refractivity contribution in [3.63, 3.8) is 0 Å². The molecule has 0 aliphatic carbocycles. The molecule has 0 saturated carbocycles. The Morgan fingerprint density at radius 3 is 2.45 bits per heavy atom. The Hall–Kier alpha value is -4.00. The molecule has 3 amide bonds. The highest BCUT2D eigenvalue weighted by Gasteiger charge is 2.46. The summed E-state index contributed by atoms with van der Waals surface area (Å²) in [6, 6.07) is 7.20. The Morgan fingerprint density at radius 2 is 1.81 bits per heavy atom. The van der Waals surface area contributed by atoms with Gasteiger partial charge >= 0.3 is 12.1 Å². The van der Waals surface area contributed by atoms with Crippen LogP contribution < -0.4 is 16.1 Å². The SMILES string of the molecule is C/C=C/c1ccc2ccc([C@@H](C)NC(=O)[C@@H]3CCCN(C(=O)[C@H](C)NC(=O)[C@@H](OC(C)=O)C(C)C(F)(F)F)N3)nc2c1. The van der Waals surface area contributed by atoms with Crippen LogP contribution in [0.25, 0.3) is 17.0 Å². The summed E-state index contributed by atoms with van der Waals surface area (Å²) < 4.78 is 44.3. The number of hydrogen-bond acceptors (Lipinski definition) is 7. The predicted octanol–water partition coefficient (Wildman–Crippen LogP) is 3.58. The predicted molar refractivity (Wildman–Crippen MR) is 149 cm³/mol. The molecule has 1 saturated heterocycles. The Kier molecular flexibility index (Phi) is 10.7. The van der Waals surface area contributed by atoms with Gasteiger partial charge in [0.2, 0.25) is 5.91 Å². The molecular weight excluding hydrogens is 555 g/mol. The van der Waals surface area contributed by atoms with Gasteiger partial charge in [-0.15, -0.1) is 0 Å². The normalized spacial score (nSPS) is 18.7. The second-order valence-electron chi connectivity index (χ2n) is 10.3. The number of nitrogens with zero attached hydrogens (tertiary/aromatic N) is 2. The molecule has 10 nitrogen and oxygen atoms in total. The van der Waals surface area contributed by atoms with Crippen LogP contribution in [0.1, 0.15) is 64.8 Å². The molecule has 0 bridgehead atoms. The Balaban J connectivity index is 1.62. The monoisotopic (exact) mass is 591 g/mol. The molecule has 1 aliphatic heterocycles. The number of aromatic nitrogens is 1. The van der Waals surface area contributed by atoms with Gasteiger partial charge in [-0.1, -0.05) is 30.4 Å². The van der Waals surface area contributed by atoms with Crippen LogP contribution in [-0.4, -0.2) is 64.6 Å². The van der Waals surface area contributed by atoms with E-state index in [0.29, 0.717) is 25.5 Å². The molecule has 1 aromatic heterocycles. The van der Waals surface area contributed by atoms with Gasteiger partial charge < -0.3 is 15.4 Å². The van der Waals surface area contributed by atoms with Crippen molar-refractivity contribution >= 4 is 40.7 Å². The van der Waals surface area contributed by atoms with Gasteiger partial charge in [-0.25, -0.2) is 5.43 Å². The summed E-state index contributed by atoms with van der Waals surface area (Å²) in [4.78, 5) is 54.7. The first kappa shape index (κ1) is 32.5. The number of rotatable bonds is 9. The van der Waals surface area contributed by atoms with E-state index >= 15 is 0 Å². The van der Waals surface area contributed by atoms with Crippen molar-refractivity contribution in [2.24, 2.45) is 5.92 Å². The number of hydrazine groups is 1. The third kappa shape index (κ3) is 8.28. The van der Waals surface area contributed by atoms with Crippen molar-refractivity contribution in [1.29, 1.82) is 0 Å². The van der Waals surface area contributed by atoms with E-state index in [-0.39, 0.29) is 12.5 Å². The minimum Gasteiger partial charge on any atom is -0.452 e. The molecule has 228 valence electrons. The fraction of sp³-hybridized carbons (Fsp3) is 0.483. The summed E-state index contributed by atoms with van der Waals surface area (Å²) in [6.45, 7) is 6.84. The third-order valence-electron chi connectivity index (χ3n) is 6.92. The highest BCUT2D eigenvalue weighted by Crippen LogP contribution is 2.30. The number of amides is 3. The maximum atomic E-state index is 13.2. The van der Waals surface area contributed by atoms with Gasteiger partial charge in [-0.05, 0) is 58.2 Å². The van der Waals surface area contributed by atoms with Gasteiger partial charge in [0.25, 0.3) is 11.8 Å². The quantitative estimate of drug-likeness (QED) is 0.380. The molecule has 3 N–H and O–H groups in total. The van der Waals surface area contributed by atoms with Gasteiger partial charge in [0.1, 0.15) is 12.1 Å². The average molecular weight is 592 g/mol. The summed E-state index contributed by atoms with van der Waals surface area (Å²) in [6.07, 6.45) is -2.18. The molecule has 1 aromatic carbocycles. The van der Waals surface area contributed by atoms with E-state index in [0.717, 1.165) is 28.4 Å². The maximum absolute atomic E-state index is 13.2. The fourth-order valence-corrected chi connectivity index (χ4v) is 4.53. The lowest BCUT2D eigenvalue weighted by molar-refractivity contribution is -0.204. The third-order valence-corrected chi connectivity index (χ3v) is 6.92. The molecular formula is C29H36F3N5O5. The number of benzene rings is 1. The number of hydrogen-bond donors (Lipinski definition) is 3. The lowest BCUT2D eigenvalue weighted by Crippen LogP contribution is -2.61. The minimum absolute atomic E-state index is 0.214. The number of alkyl halides is 3. The first-order chi connectivity index (χ1) is 19.7. The van der Waals surface area contributed by atoms with E-state index in [2.05, 4.69) is 20.8 Å². The number of carbonyl (C=O) groups is 4. The first-order valence-corrected chi connectivity index (χ1v) is 13.7. The zero-order valence-corrected chi connectivity index (χ0v) is 24.1. The van der Waals surface area contributed by atoms with Crippen molar-refractivity contribution in [3.8, 4) is 0 Å². The number of ether oxygens (including phenoxy) is 1. The van der Waals surface area contributed by atoms with Gasteiger partial charge in [0, 0.05) is 18.9 Å². The molecule has 0 radical (unpaired) electrons. The van der Waals surface area contributed by atoms with Gasteiger partial charge in [0.05, 0.1) is 23.2 Å². The Labute approximate surface area is 242 Å². The standard InChI is InChI=1S/C29H36F3N5O5/c1-6-8-20-10-11-21-12-13-22(35-24(21)15-20)17(3)33-26(39)23-9-7-14-37(36-23)28(41)18(4)34-27(40)25(42-19(5)38)16(2)29(30,31)32/h6,8,10-13,15-18,23,25,36H,7,9,14H2,1-5H3,(H,33,39)(H,34,40)/b8-6+/t16?,17-,18+,23+,25+/m1/s1. The van der Waals surface area contributed by atoms with Crippen LogP contribution in [0.4, 0.5) is 13.2 Å². The Bertz CT molecular complexity index is 1350. The molecule has 3 rings (SSSR count). The van der Waals surface area contributed by atoms with Crippen LogP contribution in [0.15, 0.2) is 36.4 Å². The summed E-state index contributed by atoms with van der Waals surface area (Å²) in [5.41, 5.74) is 5.30. The van der Waals surface area contributed by atoms with E-state index in [4.69, 9.17) is 4.98 Å². The van der Waals surface area contributed by atoms with Crippen LogP contribution in [-0.2, 0) is 23.9 Å². The van der Waals surface area contributed by atoms with Crippen molar-refractivity contribution in [3.05, 3.63) is 47.7 Å². The topological polar surface area (TPSA) is 130 Å². The second kappa shape index (κ2) is 13.8. The molecule has 5 atom stereocenters. The lowest BCUT2D eigenvalue weighted by atomic mass is 10.0. The summed E-state index contributed by atoms with van der Waals surface area (Å²) in [5.74, 6) is -5.64. The molecule has 1 unspecified atom stereocenters. The van der Waals surface area contributed by atoms with Crippen molar-refractivity contribution in [2.45, 2.75) is 77.9 Å². The zero-order valence-electron chi connectivity index (χ0n) is 24.1. The average Bonchev–Trinajstić information content (AvgIpc) is 2.94. The largest absolute Gasteiger partial charge is 0.452 e. The van der Waals surface area contributed by atoms with Crippen molar-refractivity contribution in [1.82, 2.24) is 26.1 Å². The number of esters is 1. The van der Waals surface area contributed by atoms with Crippen LogP contribution in [0, 0.1) is 5.92 Å². The number of fused-ring (bicyclic) bond motifs is 1. The second-order valence-corrected chi connectivity index (χ2v) is 10.3. The summed E-state index contributed by atoms with van der Waals surface area (Å²) >= 11 is 0.